The molecule has 5 nitrogen and oxygen atoms in total. The molecular formula is C26H23N5. The number of H-pyrrole nitrogens is 2. The maximum absolute atomic E-state index is 4.91. The molecule has 4 aromatic heterocycles. The van der Waals surface area contributed by atoms with Crippen molar-refractivity contribution in [2.24, 2.45) is 0 Å². The smallest absolute Gasteiger partial charge is 0.135 e. The van der Waals surface area contributed by atoms with Crippen LogP contribution in [0.25, 0.3) is 39.3 Å². The van der Waals surface area contributed by atoms with Crippen LogP contribution in [0.15, 0.2) is 79.2 Å². The Hall–Kier alpha value is -3.99. The molecule has 4 heterocycles. The summed E-state index contributed by atoms with van der Waals surface area (Å²) in [7, 11) is 0. The number of hydrogen-bond donors (Lipinski definition) is 2. The van der Waals surface area contributed by atoms with E-state index in [0.29, 0.717) is 0 Å². The highest BCUT2D eigenvalue weighted by Gasteiger charge is 2.18. The third-order valence-electron chi connectivity index (χ3n) is 5.51. The number of allylic oxidation sites excluding steroid dienone is 7. The summed E-state index contributed by atoms with van der Waals surface area (Å²) in [5, 5.41) is 7.69. The van der Waals surface area contributed by atoms with Crippen LogP contribution < -0.4 is 0 Å². The Morgan fingerprint density at radius 1 is 1.16 bits per heavy atom. The van der Waals surface area contributed by atoms with E-state index in [1.165, 1.54) is 5.57 Å². The minimum absolute atomic E-state index is 0.806. The van der Waals surface area contributed by atoms with Crippen molar-refractivity contribution in [2.75, 3.05) is 0 Å². The molecule has 1 aliphatic carbocycles. The van der Waals surface area contributed by atoms with Crippen molar-refractivity contribution in [3.8, 4) is 22.6 Å². The van der Waals surface area contributed by atoms with Crippen molar-refractivity contribution in [3.05, 3.63) is 96.0 Å². The molecule has 0 spiro atoms. The SMILES string of the molecule is C=C/C=C(/C1=CCC=C1)c1cc(-c2n[nH]c3ccc(-c4cncc(C)c4)nc23)[nH]c1C. The Balaban J connectivity index is 1.61. The standard InChI is InChI=1S/C26H23N5/c1-4-7-20(18-8-5-6-9-18)21-13-24(28-17(21)3)26-25-23(30-31-26)11-10-22(29-25)19-12-16(2)14-27-15-19/h4-5,7-15,28H,1,6H2,2-3H3,(H,30,31)/b20-7-. The Morgan fingerprint density at radius 3 is 2.84 bits per heavy atom. The maximum Gasteiger partial charge on any atom is 0.135 e. The van der Waals surface area contributed by atoms with Crippen LogP contribution in [0, 0.1) is 13.8 Å². The molecule has 0 unspecified atom stereocenters. The lowest BCUT2D eigenvalue weighted by atomic mass is 9.98. The average molecular weight is 406 g/mol. The number of aryl methyl sites for hydroxylation is 2. The lowest BCUT2D eigenvalue weighted by Crippen LogP contribution is -1.88. The molecule has 4 aromatic rings. The number of nitrogens with one attached hydrogen (secondary N) is 2. The Morgan fingerprint density at radius 2 is 2.06 bits per heavy atom. The number of fused-ring (bicyclic) bond motifs is 1. The molecule has 0 radical (unpaired) electrons. The third kappa shape index (κ3) is 3.44. The molecular weight excluding hydrogens is 382 g/mol. The van der Waals surface area contributed by atoms with Crippen LogP contribution in [0.1, 0.15) is 23.2 Å². The van der Waals surface area contributed by atoms with Gasteiger partial charge in [0.1, 0.15) is 11.2 Å². The maximum atomic E-state index is 4.91. The van der Waals surface area contributed by atoms with E-state index >= 15 is 0 Å². The van der Waals surface area contributed by atoms with Crippen LogP contribution in [-0.4, -0.2) is 25.1 Å². The molecule has 2 N–H and O–H groups in total. The number of aromatic nitrogens is 5. The lowest BCUT2D eigenvalue weighted by molar-refractivity contribution is 1.11. The van der Waals surface area contributed by atoms with Gasteiger partial charge in [0.15, 0.2) is 0 Å². The summed E-state index contributed by atoms with van der Waals surface area (Å²) in [5.41, 5.74) is 11.0. The average Bonchev–Trinajstić information content (AvgIpc) is 3.51. The van der Waals surface area contributed by atoms with Gasteiger partial charge in [-0.3, -0.25) is 10.1 Å². The summed E-state index contributed by atoms with van der Waals surface area (Å²) in [4.78, 5) is 12.7. The van der Waals surface area contributed by atoms with Gasteiger partial charge in [-0.1, -0.05) is 37.0 Å². The molecule has 0 aromatic carbocycles. The minimum Gasteiger partial charge on any atom is -0.357 e. The summed E-state index contributed by atoms with van der Waals surface area (Å²) in [6.45, 7) is 8.02. The topological polar surface area (TPSA) is 70.2 Å². The van der Waals surface area contributed by atoms with Gasteiger partial charge >= 0.3 is 0 Å². The van der Waals surface area contributed by atoms with Gasteiger partial charge in [-0.25, -0.2) is 4.98 Å². The molecule has 5 heteroatoms. The van der Waals surface area contributed by atoms with Crippen molar-refractivity contribution < 1.29 is 0 Å². The molecule has 0 saturated carbocycles. The quantitative estimate of drug-likeness (QED) is 0.395. The number of hydrogen-bond acceptors (Lipinski definition) is 3. The Labute approximate surface area is 181 Å². The molecule has 1 aliphatic rings. The second-order valence-corrected chi connectivity index (χ2v) is 7.75. The zero-order chi connectivity index (χ0) is 21.4. The molecule has 0 saturated heterocycles. The highest BCUT2D eigenvalue weighted by molar-refractivity contribution is 5.92. The fourth-order valence-electron chi connectivity index (χ4n) is 4.03. The summed E-state index contributed by atoms with van der Waals surface area (Å²) in [6, 6.07) is 8.25. The van der Waals surface area contributed by atoms with Gasteiger partial charge < -0.3 is 4.98 Å². The van der Waals surface area contributed by atoms with Gasteiger partial charge in [0.2, 0.25) is 0 Å². The monoisotopic (exact) mass is 405 g/mol. The largest absolute Gasteiger partial charge is 0.357 e. The second-order valence-electron chi connectivity index (χ2n) is 7.75. The van der Waals surface area contributed by atoms with E-state index in [9.17, 15) is 0 Å². The van der Waals surface area contributed by atoms with Crippen molar-refractivity contribution in [3.63, 3.8) is 0 Å². The first-order valence-electron chi connectivity index (χ1n) is 10.3. The molecule has 0 aliphatic heterocycles. The van der Waals surface area contributed by atoms with Crippen molar-refractivity contribution >= 4 is 16.6 Å². The summed E-state index contributed by atoms with van der Waals surface area (Å²) in [6.07, 6.45) is 15.1. The molecule has 152 valence electrons. The lowest BCUT2D eigenvalue weighted by Gasteiger charge is -2.06. The first-order chi connectivity index (χ1) is 15.1. The summed E-state index contributed by atoms with van der Waals surface area (Å²) < 4.78 is 0. The van der Waals surface area contributed by atoms with Crippen molar-refractivity contribution in [1.29, 1.82) is 0 Å². The van der Waals surface area contributed by atoms with Crippen molar-refractivity contribution in [1.82, 2.24) is 25.1 Å². The summed E-state index contributed by atoms with van der Waals surface area (Å²) >= 11 is 0. The first-order valence-corrected chi connectivity index (χ1v) is 10.3. The Bertz CT molecular complexity index is 1390. The predicted octanol–water partition coefficient (Wildman–Crippen LogP) is 6.09. The zero-order valence-corrected chi connectivity index (χ0v) is 17.6. The highest BCUT2D eigenvalue weighted by atomic mass is 15.1. The van der Waals surface area contributed by atoms with Crippen LogP contribution in [0.2, 0.25) is 0 Å². The molecule has 31 heavy (non-hydrogen) atoms. The molecule has 5 rings (SSSR count). The number of nitrogens with zero attached hydrogens (tertiary/aromatic N) is 3. The van der Waals surface area contributed by atoms with E-state index < -0.39 is 0 Å². The Kier molecular flexibility index (Phi) is 4.71. The number of aromatic amines is 2. The van der Waals surface area contributed by atoms with Gasteiger partial charge in [0, 0.05) is 29.2 Å². The predicted molar refractivity (Wildman–Crippen MR) is 126 cm³/mol. The first kappa shape index (κ1) is 19.0. The van der Waals surface area contributed by atoms with E-state index in [1.54, 1.807) is 0 Å². The van der Waals surface area contributed by atoms with Crippen LogP contribution in [0.3, 0.4) is 0 Å². The third-order valence-corrected chi connectivity index (χ3v) is 5.51. The van der Waals surface area contributed by atoms with Gasteiger partial charge in [-0.05, 0) is 61.2 Å². The van der Waals surface area contributed by atoms with E-state index in [0.717, 1.165) is 62.5 Å². The molecule has 0 amide bonds. The number of rotatable bonds is 5. The van der Waals surface area contributed by atoms with E-state index in [-0.39, 0.29) is 0 Å². The van der Waals surface area contributed by atoms with Gasteiger partial charge in [-0.2, -0.15) is 5.10 Å². The fourth-order valence-corrected chi connectivity index (χ4v) is 4.03. The van der Waals surface area contributed by atoms with Gasteiger partial charge in [-0.15, -0.1) is 0 Å². The van der Waals surface area contributed by atoms with Crippen molar-refractivity contribution in [2.45, 2.75) is 20.3 Å². The van der Waals surface area contributed by atoms with E-state index in [2.05, 4.69) is 70.1 Å². The summed E-state index contributed by atoms with van der Waals surface area (Å²) in [5.74, 6) is 0. The molecule has 0 fully saturated rings. The molecule has 0 atom stereocenters. The minimum atomic E-state index is 0.806. The number of pyridine rings is 2. The van der Waals surface area contributed by atoms with Gasteiger partial charge in [0.25, 0.3) is 0 Å². The fraction of sp³-hybridized carbons (Fsp3) is 0.115. The van der Waals surface area contributed by atoms with Crippen LogP contribution in [-0.2, 0) is 0 Å². The van der Waals surface area contributed by atoms with Crippen LogP contribution >= 0.6 is 0 Å². The highest BCUT2D eigenvalue weighted by Crippen LogP contribution is 2.34. The zero-order valence-electron chi connectivity index (χ0n) is 17.6. The van der Waals surface area contributed by atoms with E-state index in [1.807, 2.05) is 37.5 Å². The van der Waals surface area contributed by atoms with Crippen LogP contribution in [0.5, 0.6) is 0 Å². The second kappa shape index (κ2) is 7.69. The molecule has 0 bridgehead atoms. The normalized spacial score (nSPS) is 13.7. The van der Waals surface area contributed by atoms with Gasteiger partial charge in [0.05, 0.1) is 16.9 Å². The van der Waals surface area contributed by atoms with Crippen LogP contribution in [0.4, 0.5) is 0 Å². The van der Waals surface area contributed by atoms with E-state index in [4.69, 9.17) is 4.98 Å².